The number of halogens is 1. The molecule has 4 nitrogen and oxygen atoms in total. The van der Waals surface area contributed by atoms with Gasteiger partial charge in [0.05, 0.1) is 6.54 Å². The van der Waals surface area contributed by atoms with Crippen molar-refractivity contribution in [3.8, 4) is 0 Å². The van der Waals surface area contributed by atoms with E-state index in [4.69, 9.17) is 0 Å². The van der Waals surface area contributed by atoms with E-state index in [0.29, 0.717) is 11.6 Å². The second-order valence-corrected chi connectivity index (χ2v) is 5.28. The Morgan fingerprint density at radius 3 is 2.76 bits per heavy atom. The normalized spacial score (nSPS) is 14.2. The topological polar surface area (TPSA) is 58.2 Å². The van der Waals surface area contributed by atoms with Crippen LogP contribution in [0.5, 0.6) is 0 Å². The average molecular weight is 344 g/mol. The molecule has 5 heteroatoms. The van der Waals surface area contributed by atoms with E-state index in [2.05, 4.69) is 33.2 Å². The quantitative estimate of drug-likeness (QED) is 0.809. The fraction of sp³-hybridized carbons (Fsp3) is 0.333. The van der Waals surface area contributed by atoms with Crippen molar-refractivity contribution in [3.63, 3.8) is 0 Å². The Hall–Kier alpha value is -1.11. The zero-order chi connectivity index (χ0) is 12.3. The highest BCUT2D eigenvalue weighted by atomic mass is 127. The number of nitrogens with one attached hydrogen (secondary N) is 2. The molecule has 0 unspecified atom stereocenters. The largest absolute Gasteiger partial charge is 0.352 e. The highest BCUT2D eigenvalue weighted by Crippen LogP contribution is 2.18. The van der Waals surface area contributed by atoms with Gasteiger partial charge >= 0.3 is 0 Å². The number of hydrogen-bond acceptors (Lipinski definition) is 2. The van der Waals surface area contributed by atoms with Gasteiger partial charge in [0.15, 0.2) is 0 Å². The molecule has 0 radical (unpaired) electrons. The summed E-state index contributed by atoms with van der Waals surface area (Å²) in [6, 6.07) is 7.58. The minimum absolute atomic E-state index is 0.0425. The van der Waals surface area contributed by atoms with E-state index in [0.717, 1.165) is 16.4 Å². The molecule has 2 rings (SSSR count). The first kappa shape index (κ1) is 12.3. The molecule has 1 fully saturated rings. The minimum atomic E-state index is -0.213. The van der Waals surface area contributed by atoms with E-state index in [1.165, 1.54) is 0 Å². The van der Waals surface area contributed by atoms with Crippen LogP contribution in [0.4, 0.5) is 0 Å². The number of rotatable bonds is 4. The van der Waals surface area contributed by atoms with E-state index in [-0.39, 0.29) is 18.4 Å². The van der Waals surface area contributed by atoms with Gasteiger partial charge in [0.2, 0.25) is 5.91 Å². The number of amides is 2. The van der Waals surface area contributed by atoms with Crippen LogP contribution in [0.1, 0.15) is 23.2 Å². The molecule has 2 amide bonds. The van der Waals surface area contributed by atoms with Crippen molar-refractivity contribution in [1.29, 1.82) is 0 Å². The summed E-state index contributed by atoms with van der Waals surface area (Å²) in [7, 11) is 0. The second-order valence-electron chi connectivity index (χ2n) is 4.03. The third-order valence-electron chi connectivity index (χ3n) is 2.44. The van der Waals surface area contributed by atoms with Gasteiger partial charge in [0.1, 0.15) is 0 Å². The smallest absolute Gasteiger partial charge is 0.251 e. The molecule has 0 heterocycles. The molecular weight excluding hydrogens is 331 g/mol. The monoisotopic (exact) mass is 344 g/mol. The number of carbonyl (C=O) groups is 2. The lowest BCUT2D eigenvalue weighted by Crippen LogP contribution is -2.37. The molecule has 0 bridgehead atoms. The highest BCUT2D eigenvalue weighted by molar-refractivity contribution is 14.1. The fourth-order valence-corrected chi connectivity index (χ4v) is 1.94. The summed E-state index contributed by atoms with van der Waals surface area (Å²) in [4.78, 5) is 23.1. The molecular formula is C12H13IN2O2. The number of benzene rings is 1. The molecule has 0 aromatic heterocycles. The molecule has 17 heavy (non-hydrogen) atoms. The molecule has 0 atom stereocenters. The van der Waals surface area contributed by atoms with Gasteiger partial charge in [0.25, 0.3) is 5.91 Å². The van der Waals surface area contributed by atoms with Gasteiger partial charge < -0.3 is 10.6 Å². The SMILES string of the molecule is O=C(CNC(=O)c1cccc(I)c1)NC1CC1. The average Bonchev–Trinajstić information content (AvgIpc) is 3.10. The van der Waals surface area contributed by atoms with Crippen molar-refractivity contribution in [1.82, 2.24) is 10.6 Å². The second kappa shape index (κ2) is 5.48. The summed E-state index contributed by atoms with van der Waals surface area (Å²) >= 11 is 2.15. The van der Waals surface area contributed by atoms with Crippen molar-refractivity contribution >= 4 is 34.4 Å². The van der Waals surface area contributed by atoms with Gasteiger partial charge in [-0.2, -0.15) is 0 Å². The van der Waals surface area contributed by atoms with E-state index >= 15 is 0 Å². The first-order valence-electron chi connectivity index (χ1n) is 5.48. The summed E-state index contributed by atoms with van der Waals surface area (Å²) < 4.78 is 0.998. The van der Waals surface area contributed by atoms with Crippen LogP contribution in [0.25, 0.3) is 0 Å². The zero-order valence-electron chi connectivity index (χ0n) is 9.20. The van der Waals surface area contributed by atoms with Crippen LogP contribution in [0.2, 0.25) is 0 Å². The van der Waals surface area contributed by atoms with Gasteiger partial charge in [0, 0.05) is 15.2 Å². The van der Waals surface area contributed by atoms with Gasteiger partial charge in [-0.3, -0.25) is 9.59 Å². The lowest BCUT2D eigenvalue weighted by molar-refractivity contribution is -0.120. The van der Waals surface area contributed by atoms with E-state index in [1.807, 2.05) is 12.1 Å². The summed E-state index contributed by atoms with van der Waals surface area (Å²) in [5.41, 5.74) is 0.580. The summed E-state index contributed by atoms with van der Waals surface area (Å²) in [6.45, 7) is 0.0425. The summed E-state index contributed by atoms with van der Waals surface area (Å²) in [5.74, 6) is -0.332. The van der Waals surface area contributed by atoms with Crippen molar-refractivity contribution in [2.24, 2.45) is 0 Å². The van der Waals surface area contributed by atoms with Crippen molar-refractivity contribution in [2.45, 2.75) is 18.9 Å². The maximum absolute atomic E-state index is 11.7. The molecule has 0 aliphatic heterocycles. The highest BCUT2D eigenvalue weighted by Gasteiger charge is 2.23. The van der Waals surface area contributed by atoms with Crippen LogP contribution in [-0.2, 0) is 4.79 Å². The van der Waals surface area contributed by atoms with Crippen LogP contribution in [0, 0.1) is 3.57 Å². The lowest BCUT2D eigenvalue weighted by atomic mass is 10.2. The van der Waals surface area contributed by atoms with Crippen LogP contribution >= 0.6 is 22.6 Å². The van der Waals surface area contributed by atoms with Gasteiger partial charge in [-0.25, -0.2) is 0 Å². The van der Waals surface area contributed by atoms with Crippen molar-refractivity contribution in [2.75, 3.05) is 6.54 Å². The maximum atomic E-state index is 11.7. The Labute approximate surface area is 113 Å². The third kappa shape index (κ3) is 3.99. The minimum Gasteiger partial charge on any atom is -0.352 e. The number of carbonyl (C=O) groups excluding carboxylic acids is 2. The molecule has 1 aliphatic carbocycles. The Morgan fingerprint density at radius 1 is 1.35 bits per heavy atom. The van der Waals surface area contributed by atoms with E-state index in [1.54, 1.807) is 12.1 Å². The third-order valence-corrected chi connectivity index (χ3v) is 3.11. The van der Waals surface area contributed by atoms with Crippen molar-refractivity contribution in [3.05, 3.63) is 33.4 Å². The molecule has 1 aromatic rings. The van der Waals surface area contributed by atoms with Crippen LogP contribution in [0.15, 0.2) is 24.3 Å². The molecule has 0 saturated heterocycles. The summed E-state index contributed by atoms with van der Waals surface area (Å²) in [6.07, 6.45) is 2.10. The van der Waals surface area contributed by atoms with Gasteiger partial charge in [-0.1, -0.05) is 6.07 Å². The predicted octanol–water partition coefficient (Wildman–Crippen LogP) is 1.30. The summed E-state index contributed by atoms with van der Waals surface area (Å²) in [5, 5.41) is 5.42. The molecule has 90 valence electrons. The molecule has 0 spiro atoms. The van der Waals surface area contributed by atoms with Crippen molar-refractivity contribution < 1.29 is 9.59 Å². The van der Waals surface area contributed by atoms with E-state index in [9.17, 15) is 9.59 Å². The first-order chi connectivity index (χ1) is 8.15. The predicted molar refractivity (Wildman–Crippen MR) is 72.7 cm³/mol. The van der Waals surface area contributed by atoms with Crippen LogP contribution < -0.4 is 10.6 Å². The van der Waals surface area contributed by atoms with Crippen LogP contribution in [-0.4, -0.2) is 24.4 Å². The molecule has 1 aromatic carbocycles. The number of hydrogen-bond donors (Lipinski definition) is 2. The van der Waals surface area contributed by atoms with Gasteiger partial charge in [-0.15, -0.1) is 0 Å². The van der Waals surface area contributed by atoms with Gasteiger partial charge in [-0.05, 0) is 53.6 Å². The Morgan fingerprint density at radius 2 is 2.12 bits per heavy atom. The molecule has 2 N–H and O–H groups in total. The lowest BCUT2D eigenvalue weighted by Gasteiger charge is -2.06. The maximum Gasteiger partial charge on any atom is 0.251 e. The standard InChI is InChI=1S/C12H13IN2O2/c13-9-3-1-2-8(6-9)12(17)14-7-11(16)15-10-4-5-10/h1-3,6,10H,4-5,7H2,(H,14,17)(H,15,16). The molecule has 1 aliphatic rings. The molecule has 1 saturated carbocycles. The van der Waals surface area contributed by atoms with E-state index < -0.39 is 0 Å². The Kier molecular flexibility index (Phi) is 3.98. The fourth-order valence-electron chi connectivity index (χ4n) is 1.40. The Balaban J connectivity index is 1.82. The Bertz CT molecular complexity index is 444. The van der Waals surface area contributed by atoms with Crippen LogP contribution in [0.3, 0.4) is 0 Å². The first-order valence-corrected chi connectivity index (χ1v) is 6.56. The zero-order valence-corrected chi connectivity index (χ0v) is 11.4.